The smallest absolute Gasteiger partial charge is 0.300 e. The lowest BCUT2D eigenvalue weighted by atomic mass is 9.94. The van der Waals surface area contributed by atoms with Gasteiger partial charge in [0.15, 0.2) is 0 Å². The molecule has 3 aromatic rings. The van der Waals surface area contributed by atoms with Gasteiger partial charge in [0, 0.05) is 16.8 Å². The van der Waals surface area contributed by atoms with E-state index in [2.05, 4.69) is 0 Å². The van der Waals surface area contributed by atoms with Crippen molar-refractivity contribution in [3.63, 3.8) is 0 Å². The molecule has 174 valence electrons. The summed E-state index contributed by atoms with van der Waals surface area (Å²) in [7, 11) is 0. The van der Waals surface area contributed by atoms with E-state index in [4.69, 9.17) is 4.74 Å². The third kappa shape index (κ3) is 4.17. The number of benzene rings is 3. The molecular formula is C27H23F2NO4. The highest BCUT2D eigenvalue weighted by molar-refractivity contribution is 6.51. The summed E-state index contributed by atoms with van der Waals surface area (Å²) in [5.74, 6) is -3.08. The lowest BCUT2D eigenvalue weighted by molar-refractivity contribution is -0.132. The SMILES string of the molecule is CCCOc1ccc(/C(O)=C2\C(=O)C(=O)N(c3cccc(F)c3)C2c2ccccc2F)cc1C. The molecule has 0 bridgehead atoms. The third-order valence-electron chi connectivity index (χ3n) is 5.64. The highest BCUT2D eigenvalue weighted by Crippen LogP contribution is 2.43. The molecule has 0 aliphatic carbocycles. The van der Waals surface area contributed by atoms with Crippen LogP contribution in [-0.4, -0.2) is 23.4 Å². The van der Waals surface area contributed by atoms with Gasteiger partial charge < -0.3 is 9.84 Å². The summed E-state index contributed by atoms with van der Waals surface area (Å²) < 4.78 is 34.5. The number of Topliss-reactive ketones (excluding diaryl/α,β-unsaturated/α-hetero) is 1. The van der Waals surface area contributed by atoms with E-state index in [0.29, 0.717) is 12.4 Å². The van der Waals surface area contributed by atoms with Gasteiger partial charge in [-0.2, -0.15) is 0 Å². The number of halogens is 2. The summed E-state index contributed by atoms with van der Waals surface area (Å²) in [6.45, 7) is 4.30. The molecule has 1 atom stereocenters. The maximum Gasteiger partial charge on any atom is 0.300 e. The van der Waals surface area contributed by atoms with E-state index in [1.807, 2.05) is 6.92 Å². The fraction of sp³-hybridized carbons (Fsp3) is 0.185. The minimum Gasteiger partial charge on any atom is -0.507 e. The van der Waals surface area contributed by atoms with Crippen LogP contribution in [0.1, 0.15) is 36.1 Å². The molecule has 1 fully saturated rings. The normalized spacial score (nSPS) is 17.3. The molecule has 1 aliphatic rings. The lowest BCUT2D eigenvalue weighted by Crippen LogP contribution is -2.30. The zero-order valence-corrected chi connectivity index (χ0v) is 18.7. The zero-order valence-electron chi connectivity index (χ0n) is 18.7. The zero-order chi connectivity index (χ0) is 24.4. The Kier molecular flexibility index (Phi) is 6.45. The largest absolute Gasteiger partial charge is 0.507 e. The van der Waals surface area contributed by atoms with Crippen LogP contribution in [0.15, 0.2) is 72.3 Å². The van der Waals surface area contributed by atoms with Crippen LogP contribution in [0.4, 0.5) is 14.5 Å². The van der Waals surface area contributed by atoms with Crippen molar-refractivity contribution in [1.82, 2.24) is 0 Å². The van der Waals surface area contributed by atoms with Crippen LogP contribution in [0.25, 0.3) is 5.76 Å². The van der Waals surface area contributed by atoms with E-state index in [0.717, 1.165) is 23.0 Å². The summed E-state index contributed by atoms with van der Waals surface area (Å²) in [5, 5.41) is 11.2. The van der Waals surface area contributed by atoms with Crippen molar-refractivity contribution in [2.45, 2.75) is 26.3 Å². The monoisotopic (exact) mass is 463 g/mol. The first-order chi connectivity index (χ1) is 16.3. The van der Waals surface area contributed by atoms with Gasteiger partial charge in [0.2, 0.25) is 0 Å². The van der Waals surface area contributed by atoms with Crippen molar-refractivity contribution < 1.29 is 28.2 Å². The Morgan fingerprint density at radius 1 is 1.03 bits per heavy atom. The molecule has 1 N–H and O–H groups in total. The van der Waals surface area contributed by atoms with Gasteiger partial charge in [0.05, 0.1) is 18.2 Å². The van der Waals surface area contributed by atoms with Crippen molar-refractivity contribution >= 4 is 23.1 Å². The predicted octanol–water partition coefficient (Wildman–Crippen LogP) is 5.69. The molecule has 3 aromatic carbocycles. The van der Waals surface area contributed by atoms with Gasteiger partial charge in [-0.05, 0) is 61.4 Å². The number of rotatable bonds is 6. The molecular weight excluding hydrogens is 440 g/mol. The van der Waals surface area contributed by atoms with E-state index in [9.17, 15) is 23.5 Å². The maximum atomic E-state index is 14.9. The van der Waals surface area contributed by atoms with Gasteiger partial charge in [-0.25, -0.2) is 8.78 Å². The van der Waals surface area contributed by atoms with E-state index in [1.165, 1.54) is 36.4 Å². The number of ether oxygens (including phenoxy) is 1. The van der Waals surface area contributed by atoms with Crippen LogP contribution < -0.4 is 9.64 Å². The molecule has 0 aromatic heterocycles. The Bertz CT molecular complexity index is 1300. The molecule has 1 aliphatic heterocycles. The summed E-state index contributed by atoms with van der Waals surface area (Å²) >= 11 is 0. The Labute approximate surface area is 195 Å². The number of nitrogens with zero attached hydrogens (tertiary/aromatic N) is 1. The molecule has 7 heteroatoms. The van der Waals surface area contributed by atoms with Crippen LogP contribution in [0.2, 0.25) is 0 Å². The topological polar surface area (TPSA) is 66.8 Å². The molecule has 1 heterocycles. The Morgan fingerprint density at radius 3 is 2.47 bits per heavy atom. The summed E-state index contributed by atoms with van der Waals surface area (Å²) in [4.78, 5) is 27.2. The Morgan fingerprint density at radius 2 is 1.79 bits per heavy atom. The number of aryl methyl sites for hydroxylation is 1. The molecule has 0 saturated carbocycles. The van der Waals surface area contributed by atoms with E-state index in [1.54, 1.807) is 31.2 Å². The number of ketones is 1. The van der Waals surface area contributed by atoms with Crippen LogP contribution in [0.5, 0.6) is 5.75 Å². The van der Waals surface area contributed by atoms with E-state index < -0.39 is 35.1 Å². The fourth-order valence-electron chi connectivity index (χ4n) is 4.04. The first-order valence-electron chi connectivity index (χ1n) is 10.9. The molecule has 34 heavy (non-hydrogen) atoms. The van der Waals surface area contributed by atoms with Crippen molar-refractivity contribution in [1.29, 1.82) is 0 Å². The predicted molar refractivity (Wildman–Crippen MR) is 125 cm³/mol. The Balaban J connectivity index is 1.90. The van der Waals surface area contributed by atoms with Gasteiger partial charge in [-0.3, -0.25) is 14.5 Å². The van der Waals surface area contributed by atoms with Crippen molar-refractivity contribution in [3.05, 3.63) is 101 Å². The minimum absolute atomic E-state index is 0.00660. The standard InChI is InChI=1S/C27H23F2NO4/c1-3-13-34-22-12-11-17(14-16(22)2)25(31)23-24(20-9-4-5-10-21(20)29)30(27(33)26(23)32)19-8-6-7-18(28)15-19/h4-12,14-15,24,31H,3,13H2,1-2H3/b25-23+. The summed E-state index contributed by atoms with van der Waals surface area (Å²) in [6.07, 6.45) is 0.827. The molecule has 1 amide bonds. The number of anilines is 1. The second-order valence-corrected chi connectivity index (χ2v) is 8.00. The summed E-state index contributed by atoms with van der Waals surface area (Å²) in [6, 6.07) is 14.4. The van der Waals surface area contributed by atoms with E-state index >= 15 is 0 Å². The van der Waals surface area contributed by atoms with Crippen LogP contribution in [-0.2, 0) is 9.59 Å². The lowest BCUT2D eigenvalue weighted by Gasteiger charge is -2.25. The number of carbonyl (C=O) groups is 2. The molecule has 1 unspecified atom stereocenters. The van der Waals surface area contributed by atoms with Crippen LogP contribution in [0, 0.1) is 18.6 Å². The fourth-order valence-corrected chi connectivity index (χ4v) is 4.04. The number of hydrogen-bond acceptors (Lipinski definition) is 4. The van der Waals surface area contributed by atoms with Gasteiger partial charge >= 0.3 is 0 Å². The first-order valence-corrected chi connectivity index (χ1v) is 10.9. The van der Waals surface area contributed by atoms with Crippen molar-refractivity contribution in [3.8, 4) is 5.75 Å². The maximum absolute atomic E-state index is 14.9. The van der Waals surface area contributed by atoms with Crippen molar-refractivity contribution in [2.24, 2.45) is 0 Å². The van der Waals surface area contributed by atoms with Gasteiger partial charge in [0.25, 0.3) is 11.7 Å². The number of carbonyl (C=O) groups excluding carboxylic acids is 2. The number of hydrogen-bond donors (Lipinski definition) is 1. The highest BCUT2D eigenvalue weighted by atomic mass is 19.1. The molecule has 1 saturated heterocycles. The first kappa shape index (κ1) is 23.2. The second kappa shape index (κ2) is 9.47. The quantitative estimate of drug-likeness (QED) is 0.290. The van der Waals surface area contributed by atoms with Gasteiger partial charge in [0.1, 0.15) is 23.1 Å². The van der Waals surface area contributed by atoms with Gasteiger partial charge in [-0.1, -0.05) is 31.2 Å². The molecule has 0 radical (unpaired) electrons. The number of aliphatic hydroxyl groups is 1. The third-order valence-corrected chi connectivity index (χ3v) is 5.64. The highest BCUT2D eigenvalue weighted by Gasteiger charge is 2.47. The average Bonchev–Trinajstić information content (AvgIpc) is 3.08. The second-order valence-electron chi connectivity index (χ2n) is 8.00. The van der Waals surface area contributed by atoms with Crippen molar-refractivity contribution in [2.75, 3.05) is 11.5 Å². The Hall–Kier alpha value is -4.00. The number of amides is 1. The van der Waals surface area contributed by atoms with Crippen LogP contribution in [0.3, 0.4) is 0 Å². The molecule has 5 nitrogen and oxygen atoms in total. The number of aliphatic hydroxyl groups excluding tert-OH is 1. The van der Waals surface area contributed by atoms with E-state index in [-0.39, 0.29) is 22.4 Å². The minimum atomic E-state index is -1.28. The molecule has 4 rings (SSSR count). The summed E-state index contributed by atoms with van der Waals surface area (Å²) in [5.41, 5.74) is 0.807. The molecule has 0 spiro atoms. The average molecular weight is 463 g/mol. The van der Waals surface area contributed by atoms with Gasteiger partial charge in [-0.15, -0.1) is 0 Å². The van der Waals surface area contributed by atoms with Crippen LogP contribution >= 0.6 is 0 Å².